The smallest absolute Gasteiger partial charge is 0.266 e. The number of fused-ring (bicyclic) bond motifs is 1. The number of thioether (sulfide) groups is 1. The molecule has 5 nitrogen and oxygen atoms in total. The Hall–Kier alpha value is -2.58. The molecule has 1 heterocycles. The van der Waals surface area contributed by atoms with Gasteiger partial charge in [0.1, 0.15) is 5.82 Å². The van der Waals surface area contributed by atoms with Gasteiger partial charge in [-0.25, -0.2) is 9.37 Å². The van der Waals surface area contributed by atoms with Gasteiger partial charge in [-0.05, 0) is 36.4 Å². The standard InChI is InChI=1S/C22H13Cl3FN3O2S/c23-12-9-14(24)20(15(25)10-12)28-19(30)11-32-22-27-17-7-3-1-5-13(17)21(31)29(22)18-8-4-2-6-16(18)26/h1-10H,11H2,(H,28,30). The van der Waals surface area contributed by atoms with E-state index in [0.717, 1.165) is 16.3 Å². The van der Waals surface area contributed by atoms with E-state index in [4.69, 9.17) is 34.8 Å². The summed E-state index contributed by atoms with van der Waals surface area (Å²) in [4.78, 5) is 30.2. The molecule has 0 aliphatic carbocycles. The maximum absolute atomic E-state index is 14.5. The molecule has 0 unspecified atom stereocenters. The summed E-state index contributed by atoms with van der Waals surface area (Å²) in [5, 5.41) is 3.84. The van der Waals surface area contributed by atoms with Crippen molar-refractivity contribution in [2.75, 3.05) is 11.1 Å². The second-order valence-corrected chi connectivity index (χ2v) is 8.78. The summed E-state index contributed by atoms with van der Waals surface area (Å²) in [6.45, 7) is 0. The number of rotatable bonds is 5. The summed E-state index contributed by atoms with van der Waals surface area (Å²) in [6.07, 6.45) is 0. The quantitative estimate of drug-likeness (QED) is 0.257. The maximum Gasteiger partial charge on any atom is 0.266 e. The molecule has 0 radical (unpaired) electrons. The molecule has 1 N–H and O–H groups in total. The summed E-state index contributed by atoms with van der Waals surface area (Å²) < 4.78 is 15.7. The molecule has 0 atom stereocenters. The van der Waals surface area contributed by atoms with Crippen LogP contribution in [0.25, 0.3) is 16.6 Å². The zero-order valence-corrected chi connectivity index (χ0v) is 19.2. The Labute approximate surface area is 201 Å². The molecule has 0 aliphatic heterocycles. The predicted octanol–water partition coefficient (Wildman–Crippen LogP) is 6.22. The van der Waals surface area contributed by atoms with Crippen molar-refractivity contribution in [3.63, 3.8) is 0 Å². The first-order valence-corrected chi connectivity index (χ1v) is 11.3. The molecular weight excluding hydrogens is 496 g/mol. The molecular formula is C22H13Cl3FN3O2S. The number of halogens is 4. The molecule has 1 aromatic heterocycles. The molecule has 0 fully saturated rings. The Kier molecular flexibility index (Phi) is 6.71. The van der Waals surface area contributed by atoms with Crippen LogP contribution in [0, 0.1) is 5.82 Å². The highest BCUT2D eigenvalue weighted by atomic mass is 35.5. The molecule has 32 heavy (non-hydrogen) atoms. The zero-order chi connectivity index (χ0) is 22.8. The second kappa shape index (κ2) is 9.50. The van der Waals surface area contributed by atoms with Crippen molar-refractivity contribution in [3.05, 3.63) is 91.9 Å². The van der Waals surface area contributed by atoms with Crippen LogP contribution in [-0.4, -0.2) is 21.2 Å². The summed E-state index contributed by atoms with van der Waals surface area (Å²) in [5.74, 6) is -1.16. The highest BCUT2D eigenvalue weighted by Crippen LogP contribution is 2.34. The van der Waals surface area contributed by atoms with Gasteiger partial charge in [-0.15, -0.1) is 0 Å². The maximum atomic E-state index is 14.5. The van der Waals surface area contributed by atoms with Gasteiger partial charge in [0.15, 0.2) is 5.16 Å². The lowest BCUT2D eigenvalue weighted by Gasteiger charge is -2.14. The number of carbonyl (C=O) groups is 1. The first-order chi connectivity index (χ1) is 15.3. The second-order valence-electron chi connectivity index (χ2n) is 6.58. The Morgan fingerprint density at radius 2 is 1.69 bits per heavy atom. The van der Waals surface area contributed by atoms with E-state index in [1.165, 1.54) is 30.3 Å². The number of nitrogens with zero attached hydrogens (tertiary/aromatic N) is 2. The summed E-state index contributed by atoms with van der Waals surface area (Å²) >= 11 is 19.1. The third-order valence-corrected chi connectivity index (χ3v) is 6.19. The van der Waals surface area contributed by atoms with Crippen LogP contribution in [0.2, 0.25) is 15.1 Å². The van der Waals surface area contributed by atoms with Crippen molar-refractivity contribution in [1.29, 1.82) is 0 Å². The Bertz CT molecular complexity index is 1390. The molecule has 0 spiro atoms. The van der Waals surface area contributed by atoms with Crippen molar-refractivity contribution < 1.29 is 9.18 Å². The van der Waals surface area contributed by atoms with Crippen molar-refractivity contribution in [2.24, 2.45) is 0 Å². The Balaban J connectivity index is 1.69. The van der Waals surface area contributed by atoms with E-state index in [2.05, 4.69) is 10.3 Å². The van der Waals surface area contributed by atoms with Gasteiger partial charge >= 0.3 is 0 Å². The van der Waals surface area contributed by atoms with Crippen LogP contribution in [-0.2, 0) is 4.79 Å². The van der Waals surface area contributed by atoms with E-state index < -0.39 is 17.3 Å². The first kappa shape index (κ1) is 22.6. The molecule has 1 amide bonds. The Morgan fingerprint density at radius 3 is 2.41 bits per heavy atom. The SMILES string of the molecule is O=C(CSc1nc2ccccc2c(=O)n1-c1ccccc1F)Nc1c(Cl)cc(Cl)cc1Cl. The number of para-hydroxylation sites is 2. The van der Waals surface area contributed by atoms with Crippen LogP contribution in [0.3, 0.4) is 0 Å². The fourth-order valence-electron chi connectivity index (χ4n) is 3.02. The Morgan fingerprint density at radius 1 is 1.03 bits per heavy atom. The lowest BCUT2D eigenvalue weighted by atomic mass is 10.2. The topological polar surface area (TPSA) is 64.0 Å². The summed E-state index contributed by atoms with van der Waals surface area (Å²) in [7, 11) is 0. The van der Waals surface area contributed by atoms with Crippen LogP contribution in [0.4, 0.5) is 10.1 Å². The predicted molar refractivity (Wildman–Crippen MR) is 128 cm³/mol. The molecule has 10 heteroatoms. The number of hydrogen-bond acceptors (Lipinski definition) is 4. The molecule has 0 saturated carbocycles. The number of benzene rings is 3. The average Bonchev–Trinajstić information content (AvgIpc) is 2.76. The zero-order valence-electron chi connectivity index (χ0n) is 16.1. The minimum absolute atomic E-state index is 0.0439. The monoisotopic (exact) mass is 507 g/mol. The molecule has 162 valence electrons. The van der Waals surface area contributed by atoms with Gasteiger partial charge in [0.2, 0.25) is 5.91 Å². The van der Waals surface area contributed by atoms with Gasteiger partial charge in [-0.3, -0.25) is 14.2 Å². The van der Waals surface area contributed by atoms with Gasteiger partial charge in [-0.2, -0.15) is 0 Å². The summed E-state index contributed by atoms with van der Waals surface area (Å²) in [6, 6.07) is 15.5. The van der Waals surface area contributed by atoms with Gasteiger partial charge in [0.05, 0.1) is 38.1 Å². The van der Waals surface area contributed by atoms with E-state index >= 15 is 0 Å². The normalized spacial score (nSPS) is 11.0. The summed E-state index contributed by atoms with van der Waals surface area (Å²) in [5.41, 5.74) is 0.271. The van der Waals surface area contributed by atoms with Gasteiger partial charge in [0.25, 0.3) is 5.56 Å². The fraction of sp³-hybridized carbons (Fsp3) is 0.0455. The molecule has 4 aromatic rings. The van der Waals surface area contributed by atoms with Crippen molar-refractivity contribution in [1.82, 2.24) is 9.55 Å². The van der Waals surface area contributed by atoms with Gasteiger partial charge in [0, 0.05) is 5.02 Å². The van der Waals surface area contributed by atoms with Crippen LogP contribution in [0.15, 0.2) is 70.6 Å². The van der Waals surface area contributed by atoms with E-state index in [9.17, 15) is 14.0 Å². The van der Waals surface area contributed by atoms with E-state index in [-0.39, 0.29) is 32.3 Å². The number of aromatic nitrogens is 2. The molecule has 0 bridgehead atoms. The largest absolute Gasteiger partial charge is 0.323 e. The van der Waals surface area contributed by atoms with Crippen LogP contribution < -0.4 is 10.9 Å². The average molecular weight is 509 g/mol. The molecule has 4 rings (SSSR count). The number of hydrogen-bond donors (Lipinski definition) is 1. The van der Waals surface area contributed by atoms with Crippen LogP contribution >= 0.6 is 46.6 Å². The number of anilines is 1. The number of nitrogens with one attached hydrogen (secondary N) is 1. The lowest BCUT2D eigenvalue weighted by molar-refractivity contribution is -0.113. The van der Waals surface area contributed by atoms with Crippen LogP contribution in [0.5, 0.6) is 0 Å². The number of amides is 1. The lowest BCUT2D eigenvalue weighted by Crippen LogP contribution is -2.23. The van der Waals surface area contributed by atoms with Crippen molar-refractivity contribution in [3.8, 4) is 5.69 Å². The van der Waals surface area contributed by atoms with E-state index in [1.54, 1.807) is 30.3 Å². The van der Waals surface area contributed by atoms with Gasteiger partial charge in [-0.1, -0.05) is 70.8 Å². The molecule has 0 aliphatic rings. The van der Waals surface area contributed by atoms with Crippen LogP contribution in [0.1, 0.15) is 0 Å². The highest BCUT2D eigenvalue weighted by molar-refractivity contribution is 7.99. The van der Waals surface area contributed by atoms with E-state index in [0.29, 0.717) is 15.9 Å². The van der Waals surface area contributed by atoms with Gasteiger partial charge < -0.3 is 5.32 Å². The molecule has 3 aromatic carbocycles. The third kappa shape index (κ3) is 4.61. The minimum Gasteiger partial charge on any atom is -0.323 e. The fourth-order valence-corrected chi connectivity index (χ4v) is 4.74. The highest BCUT2D eigenvalue weighted by Gasteiger charge is 2.18. The first-order valence-electron chi connectivity index (χ1n) is 9.19. The third-order valence-electron chi connectivity index (χ3n) is 4.44. The number of carbonyl (C=O) groups excluding carboxylic acids is 1. The minimum atomic E-state index is -0.585. The van der Waals surface area contributed by atoms with E-state index in [1.807, 2.05) is 0 Å². The van der Waals surface area contributed by atoms with Crippen molar-refractivity contribution in [2.45, 2.75) is 5.16 Å². The van der Waals surface area contributed by atoms with Crippen molar-refractivity contribution >= 4 is 69.1 Å². The molecule has 0 saturated heterocycles.